The van der Waals surface area contributed by atoms with E-state index in [2.05, 4.69) is 0 Å². The molecule has 2 rings (SSSR count). The molecule has 0 N–H and O–H groups in total. The predicted molar refractivity (Wildman–Crippen MR) is 58.1 cm³/mol. The molecule has 0 bridgehead atoms. The molecule has 2 fully saturated rings. The van der Waals surface area contributed by atoms with Gasteiger partial charge in [-0.3, -0.25) is 9.63 Å². The van der Waals surface area contributed by atoms with Crippen molar-refractivity contribution in [3.8, 4) is 0 Å². The fourth-order valence-corrected chi connectivity index (χ4v) is 2.54. The summed E-state index contributed by atoms with van der Waals surface area (Å²) in [5.41, 5.74) is 0. The van der Waals surface area contributed by atoms with Crippen molar-refractivity contribution >= 4 is 5.91 Å². The second kappa shape index (κ2) is 5.50. The van der Waals surface area contributed by atoms with E-state index in [1.165, 1.54) is 25.7 Å². The molecular weight excluding hydrogens is 190 g/mol. The summed E-state index contributed by atoms with van der Waals surface area (Å²) in [5, 5.41) is 1.58. The van der Waals surface area contributed by atoms with Crippen LogP contribution < -0.4 is 0 Å². The van der Waals surface area contributed by atoms with Crippen molar-refractivity contribution in [2.24, 2.45) is 5.92 Å². The third-order valence-electron chi connectivity index (χ3n) is 3.52. The van der Waals surface area contributed by atoms with Crippen molar-refractivity contribution in [1.29, 1.82) is 0 Å². The summed E-state index contributed by atoms with van der Waals surface area (Å²) in [6.07, 6.45) is 9.31. The second-order valence-corrected chi connectivity index (χ2v) is 4.73. The van der Waals surface area contributed by atoms with E-state index in [1.807, 2.05) is 0 Å². The summed E-state index contributed by atoms with van der Waals surface area (Å²) in [6, 6.07) is 0. The number of nitrogens with zero attached hydrogens (tertiary/aromatic N) is 1. The van der Waals surface area contributed by atoms with E-state index in [0.29, 0.717) is 6.42 Å². The molecule has 15 heavy (non-hydrogen) atoms. The first-order chi connectivity index (χ1) is 7.36. The number of hydrogen-bond donors (Lipinski definition) is 0. The van der Waals surface area contributed by atoms with E-state index in [9.17, 15) is 4.79 Å². The van der Waals surface area contributed by atoms with Crippen molar-refractivity contribution in [3.63, 3.8) is 0 Å². The normalized spacial score (nSPS) is 23.3. The average molecular weight is 211 g/mol. The molecule has 3 heteroatoms. The number of carbonyl (C=O) groups is 1. The van der Waals surface area contributed by atoms with Crippen LogP contribution in [0.2, 0.25) is 0 Å². The molecule has 1 aliphatic heterocycles. The number of hydroxylamine groups is 2. The molecule has 1 saturated heterocycles. The van der Waals surface area contributed by atoms with Crippen LogP contribution in [0.5, 0.6) is 0 Å². The molecular formula is C12H21NO2. The van der Waals surface area contributed by atoms with Crippen molar-refractivity contribution < 1.29 is 9.63 Å². The molecule has 0 unspecified atom stereocenters. The standard InChI is InChI=1S/C12H21NO2/c14-12(13-9-3-4-10-15-13)8-7-11-5-1-2-6-11/h11H,1-10H2. The third kappa shape index (κ3) is 3.20. The summed E-state index contributed by atoms with van der Waals surface area (Å²) < 4.78 is 0. The summed E-state index contributed by atoms with van der Waals surface area (Å²) in [6.45, 7) is 1.51. The van der Waals surface area contributed by atoms with Gasteiger partial charge < -0.3 is 0 Å². The maximum absolute atomic E-state index is 11.8. The summed E-state index contributed by atoms with van der Waals surface area (Å²) in [4.78, 5) is 17.1. The largest absolute Gasteiger partial charge is 0.273 e. The topological polar surface area (TPSA) is 29.5 Å². The molecule has 0 aromatic carbocycles. The monoisotopic (exact) mass is 211 g/mol. The van der Waals surface area contributed by atoms with E-state index in [4.69, 9.17) is 4.84 Å². The third-order valence-corrected chi connectivity index (χ3v) is 3.52. The number of hydrogen-bond acceptors (Lipinski definition) is 2. The molecule has 3 nitrogen and oxygen atoms in total. The van der Waals surface area contributed by atoms with Gasteiger partial charge in [0.15, 0.2) is 0 Å². The van der Waals surface area contributed by atoms with Gasteiger partial charge in [0.05, 0.1) is 6.61 Å². The highest BCUT2D eigenvalue weighted by atomic mass is 16.7. The zero-order valence-electron chi connectivity index (χ0n) is 9.41. The van der Waals surface area contributed by atoms with Crippen molar-refractivity contribution in [1.82, 2.24) is 5.06 Å². The van der Waals surface area contributed by atoms with Crippen LogP contribution in [0, 0.1) is 5.92 Å². The molecule has 0 aromatic heterocycles. The fourth-order valence-electron chi connectivity index (χ4n) is 2.54. The Morgan fingerprint density at radius 3 is 2.67 bits per heavy atom. The van der Waals surface area contributed by atoms with Gasteiger partial charge in [-0.25, -0.2) is 5.06 Å². The van der Waals surface area contributed by atoms with Crippen molar-refractivity contribution in [2.75, 3.05) is 13.2 Å². The van der Waals surface area contributed by atoms with Crippen LogP contribution in [0.1, 0.15) is 51.4 Å². The van der Waals surface area contributed by atoms with E-state index < -0.39 is 0 Å². The number of rotatable bonds is 3. The van der Waals surface area contributed by atoms with E-state index >= 15 is 0 Å². The highest BCUT2D eigenvalue weighted by Crippen LogP contribution is 2.28. The quantitative estimate of drug-likeness (QED) is 0.718. The molecule has 86 valence electrons. The number of amides is 1. The molecule has 0 radical (unpaired) electrons. The Bertz CT molecular complexity index is 206. The molecule has 1 amide bonds. The average Bonchev–Trinajstić information content (AvgIpc) is 2.80. The molecule has 1 saturated carbocycles. The first kappa shape index (κ1) is 10.9. The van der Waals surface area contributed by atoms with Crippen LogP contribution in [-0.2, 0) is 9.63 Å². The smallest absolute Gasteiger partial charge is 0.246 e. The van der Waals surface area contributed by atoms with E-state index in [0.717, 1.165) is 38.3 Å². The van der Waals surface area contributed by atoms with Gasteiger partial charge >= 0.3 is 0 Å². The Hall–Kier alpha value is -0.570. The molecule has 0 aromatic rings. The van der Waals surface area contributed by atoms with Gasteiger partial charge in [-0.1, -0.05) is 25.7 Å². The van der Waals surface area contributed by atoms with Gasteiger partial charge in [-0.2, -0.15) is 0 Å². The molecule has 0 atom stereocenters. The van der Waals surface area contributed by atoms with Gasteiger partial charge in [-0.05, 0) is 25.2 Å². The minimum absolute atomic E-state index is 0.196. The van der Waals surface area contributed by atoms with Gasteiger partial charge in [0.1, 0.15) is 0 Å². The van der Waals surface area contributed by atoms with Gasteiger partial charge in [-0.15, -0.1) is 0 Å². The van der Waals surface area contributed by atoms with E-state index in [1.54, 1.807) is 5.06 Å². The lowest BCUT2D eigenvalue weighted by atomic mass is 10.0. The summed E-state index contributed by atoms with van der Waals surface area (Å²) in [5.74, 6) is 1.00. The molecule has 1 aliphatic carbocycles. The molecule has 2 aliphatic rings. The maximum atomic E-state index is 11.8. The van der Waals surface area contributed by atoms with Crippen LogP contribution in [0.25, 0.3) is 0 Å². The van der Waals surface area contributed by atoms with Crippen molar-refractivity contribution in [3.05, 3.63) is 0 Å². The minimum Gasteiger partial charge on any atom is -0.273 e. The lowest BCUT2D eigenvalue weighted by Gasteiger charge is -2.26. The Morgan fingerprint density at radius 2 is 2.00 bits per heavy atom. The lowest BCUT2D eigenvalue weighted by Crippen LogP contribution is -2.35. The maximum Gasteiger partial charge on any atom is 0.246 e. The Morgan fingerprint density at radius 1 is 1.20 bits per heavy atom. The first-order valence-corrected chi connectivity index (χ1v) is 6.29. The van der Waals surface area contributed by atoms with Crippen LogP contribution >= 0.6 is 0 Å². The van der Waals surface area contributed by atoms with E-state index in [-0.39, 0.29) is 5.91 Å². The summed E-state index contributed by atoms with van der Waals surface area (Å²) in [7, 11) is 0. The Kier molecular flexibility index (Phi) is 4.01. The second-order valence-electron chi connectivity index (χ2n) is 4.73. The van der Waals surface area contributed by atoms with Crippen LogP contribution in [0.15, 0.2) is 0 Å². The van der Waals surface area contributed by atoms with Gasteiger partial charge in [0.25, 0.3) is 0 Å². The predicted octanol–water partition coefficient (Wildman–Crippen LogP) is 2.51. The van der Waals surface area contributed by atoms with Crippen LogP contribution in [-0.4, -0.2) is 24.1 Å². The highest BCUT2D eigenvalue weighted by Gasteiger charge is 2.20. The minimum atomic E-state index is 0.196. The summed E-state index contributed by atoms with van der Waals surface area (Å²) >= 11 is 0. The highest BCUT2D eigenvalue weighted by molar-refractivity contribution is 5.75. The Balaban J connectivity index is 1.66. The van der Waals surface area contributed by atoms with Crippen LogP contribution in [0.4, 0.5) is 0 Å². The number of carbonyl (C=O) groups excluding carboxylic acids is 1. The SMILES string of the molecule is O=C(CCC1CCCC1)N1CCCCO1. The van der Waals surface area contributed by atoms with Crippen molar-refractivity contribution in [2.45, 2.75) is 51.4 Å². The van der Waals surface area contributed by atoms with Crippen LogP contribution in [0.3, 0.4) is 0 Å². The zero-order valence-corrected chi connectivity index (χ0v) is 9.41. The lowest BCUT2D eigenvalue weighted by molar-refractivity contribution is -0.197. The zero-order chi connectivity index (χ0) is 10.5. The van der Waals surface area contributed by atoms with Gasteiger partial charge in [0, 0.05) is 13.0 Å². The Labute approximate surface area is 91.7 Å². The first-order valence-electron chi connectivity index (χ1n) is 6.29. The molecule has 0 spiro atoms. The fraction of sp³-hybridized carbons (Fsp3) is 0.917. The van der Waals surface area contributed by atoms with Gasteiger partial charge in [0.2, 0.25) is 5.91 Å². The molecule has 1 heterocycles.